The molecule has 4 nitrogen and oxygen atoms in total. The van der Waals surface area contributed by atoms with Gasteiger partial charge in [0.05, 0.1) is 0 Å². The lowest BCUT2D eigenvalue weighted by atomic mass is 9.47. The lowest BCUT2D eigenvalue weighted by molar-refractivity contribution is -0.0824. The van der Waals surface area contributed by atoms with E-state index in [1.807, 2.05) is 20.8 Å². The van der Waals surface area contributed by atoms with Crippen molar-refractivity contribution < 1.29 is 18.4 Å². The Morgan fingerprint density at radius 2 is 1.55 bits per heavy atom. The molecule has 38 heavy (non-hydrogen) atoms. The largest absolute Gasteiger partial charge is 0.534 e. The molecule has 8 atom stereocenters. The van der Waals surface area contributed by atoms with Crippen molar-refractivity contribution in [1.29, 1.82) is 0 Å². The van der Waals surface area contributed by atoms with Gasteiger partial charge in [0.15, 0.2) is 0 Å². The fraction of sp³-hybridized carbons (Fsp3) is 0.939. The summed E-state index contributed by atoms with van der Waals surface area (Å²) in [5.41, 5.74) is 2.15. The van der Waals surface area contributed by atoms with Gasteiger partial charge in [-0.3, -0.25) is 0 Å². The molecule has 0 radical (unpaired) electrons. The van der Waals surface area contributed by atoms with Crippen molar-refractivity contribution in [2.45, 2.75) is 131 Å². The quantitative estimate of drug-likeness (QED) is 0.197. The van der Waals surface area contributed by atoms with Crippen LogP contribution in [0.25, 0.3) is 0 Å². The molecule has 3 fully saturated rings. The van der Waals surface area contributed by atoms with E-state index in [1.54, 1.807) is 0 Å². The zero-order valence-electron chi connectivity index (χ0n) is 26.1. The fourth-order valence-electron chi connectivity index (χ4n) is 10.0. The van der Waals surface area contributed by atoms with Crippen LogP contribution in [-0.2, 0) is 13.3 Å². The van der Waals surface area contributed by atoms with Crippen LogP contribution in [0.2, 0.25) is 0 Å². The average molecular weight is 549 g/mol. The van der Waals surface area contributed by atoms with Gasteiger partial charge in [0.2, 0.25) is 0 Å². The van der Waals surface area contributed by atoms with Crippen molar-refractivity contribution in [3.63, 3.8) is 0 Å². The van der Waals surface area contributed by atoms with Gasteiger partial charge >= 0.3 is 8.80 Å². The Morgan fingerprint density at radius 1 is 0.895 bits per heavy atom. The van der Waals surface area contributed by atoms with Crippen molar-refractivity contribution in [2.24, 2.45) is 46.3 Å². The lowest BCUT2D eigenvalue weighted by Gasteiger charge is -2.60. The normalized spacial score (nSPS) is 39.9. The van der Waals surface area contributed by atoms with Crippen molar-refractivity contribution in [1.82, 2.24) is 0 Å². The molecular formula is C33H60O4Si. The monoisotopic (exact) mass is 548 g/mol. The van der Waals surface area contributed by atoms with Gasteiger partial charge < -0.3 is 18.4 Å². The van der Waals surface area contributed by atoms with Crippen LogP contribution in [0.3, 0.4) is 0 Å². The van der Waals surface area contributed by atoms with Gasteiger partial charge in [0.1, 0.15) is 5.22 Å². The fourth-order valence-corrected chi connectivity index (χ4v) is 13.1. The summed E-state index contributed by atoms with van der Waals surface area (Å²) in [4.78, 5) is 0. The van der Waals surface area contributed by atoms with Gasteiger partial charge in [0.25, 0.3) is 0 Å². The van der Waals surface area contributed by atoms with Crippen LogP contribution >= 0.6 is 0 Å². The van der Waals surface area contributed by atoms with Crippen LogP contribution in [-0.4, -0.2) is 39.0 Å². The highest BCUT2D eigenvalue weighted by Gasteiger charge is 2.66. The smallest absolute Gasteiger partial charge is 0.385 e. The minimum Gasteiger partial charge on any atom is -0.385 e. The molecule has 1 N–H and O–H groups in total. The molecule has 4 aliphatic rings. The number of fused-ring (bicyclic) bond motifs is 5. The summed E-state index contributed by atoms with van der Waals surface area (Å²) >= 11 is 0. The summed E-state index contributed by atoms with van der Waals surface area (Å²) < 4.78 is 18.7. The third kappa shape index (κ3) is 5.26. The highest BCUT2D eigenvalue weighted by Crippen LogP contribution is 2.68. The topological polar surface area (TPSA) is 47.9 Å². The van der Waals surface area contributed by atoms with Crippen LogP contribution in [0.15, 0.2) is 11.6 Å². The molecule has 0 saturated heterocycles. The Bertz CT molecular complexity index is 811. The summed E-state index contributed by atoms with van der Waals surface area (Å²) in [5.74, 6) is 4.97. The third-order valence-electron chi connectivity index (χ3n) is 11.9. The maximum Gasteiger partial charge on any atom is 0.534 e. The van der Waals surface area contributed by atoms with Crippen LogP contribution in [0.5, 0.6) is 0 Å². The molecule has 220 valence electrons. The van der Waals surface area contributed by atoms with Crippen LogP contribution in [0.1, 0.15) is 126 Å². The minimum atomic E-state index is -3.23. The van der Waals surface area contributed by atoms with E-state index in [-0.39, 0.29) is 5.41 Å². The number of hydrogen-bond acceptors (Lipinski definition) is 4. The molecule has 0 aromatic carbocycles. The Hall–Kier alpha value is -0.203. The second-order valence-corrected chi connectivity index (χ2v) is 17.3. The predicted molar refractivity (Wildman–Crippen MR) is 159 cm³/mol. The second-order valence-electron chi connectivity index (χ2n) is 14.4. The van der Waals surface area contributed by atoms with Crippen LogP contribution in [0, 0.1) is 46.3 Å². The van der Waals surface area contributed by atoms with Crippen molar-refractivity contribution in [3.8, 4) is 0 Å². The van der Waals surface area contributed by atoms with Gasteiger partial charge in [-0.05, 0) is 112 Å². The summed E-state index contributed by atoms with van der Waals surface area (Å²) in [6.45, 7) is 20.0. The highest BCUT2D eigenvalue weighted by molar-refractivity contribution is 6.64. The molecule has 0 aliphatic heterocycles. The van der Waals surface area contributed by atoms with Gasteiger partial charge in [-0.2, -0.15) is 0 Å². The van der Waals surface area contributed by atoms with E-state index in [4.69, 9.17) is 13.3 Å². The summed E-state index contributed by atoms with van der Waals surface area (Å²) in [5, 5.41) is 11.1. The molecule has 0 spiro atoms. The van der Waals surface area contributed by atoms with Crippen molar-refractivity contribution in [2.75, 3.05) is 19.8 Å². The van der Waals surface area contributed by atoms with E-state index in [0.717, 1.165) is 41.9 Å². The van der Waals surface area contributed by atoms with E-state index >= 15 is 0 Å². The maximum absolute atomic E-state index is 12.2. The molecular weight excluding hydrogens is 488 g/mol. The number of aliphatic hydroxyl groups is 1. The van der Waals surface area contributed by atoms with Crippen LogP contribution in [0.4, 0.5) is 0 Å². The standard InChI is InChI=1S/C33H60O4Si/c1-9-35-38(36-10-2,37-11-3)33(34)22-21-31(7)26(23-33)15-16-27-29-18-17-28(25(6)14-12-13-24(4)5)32(29,8)20-19-30(27)31/h15,24-25,27-30,34H,9-14,16-23H2,1-8H3/t25-,27+,28-,29+,30+,31+,32-,33+/m1/s1. The molecule has 0 unspecified atom stereocenters. The Kier molecular flexibility index (Phi) is 9.68. The van der Waals surface area contributed by atoms with Gasteiger partial charge in [-0.15, -0.1) is 0 Å². The first-order valence-electron chi connectivity index (χ1n) is 16.3. The summed E-state index contributed by atoms with van der Waals surface area (Å²) in [6, 6.07) is 0. The molecule has 0 heterocycles. The SMILES string of the molecule is CCO[Si](OCC)(OCC)[C@@]1(O)CC[C@@]2(C)C(=CC[C@H]3[C@@H]4CC[C@H]([C@H](C)CCCC(C)C)[C@@]4(C)CC[C@@H]32)C1. The summed E-state index contributed by atoms with van der Waals surface area (Å²) in [6.07, 6.45) is 15.9. The lowest BCUT2D eigenvalue weighted by Crippen LogP contribution is -2.68. The molecule has 4 rings (SSSR count). The minimum absolute atomic E-state index is 0.183. The van der Waals surface area contributed by atoms with Crippen molar-refractivity contribution in [3.05, 3.63) is 11.6 Å². The van der Waals surface area contributed by atoms with E-state index < -0.39 is 14.0 Å². The number of allylic oxidation sites excluding steroid dienone is 1. The molecule has 4 aliphatic carbocycles. The Labute approximate surface area is 236 Å². The summed E-state index contributed by atoms with van der Waals surface area (Å²) in [7, 11) is -3.23. The molecule has 0 aromatic heterocycles. The first-order valence-corrected chi connectivity index (χ1v) is 18.1. The van der Waals surface area contributed by atoms with Crippen molar-refractivity contribution >= 4 is 8.80 Å². The first kappa shape index (κ1) is 30.7. The number of hydrogen-bond donors (Lipinski definition) is 1. The van der Waals surface area contributed by atoms with E-state index in [0.29, 0.717) is 38.1 Å². The van der Waals surface area contributed by atoms with E-state index in [1.165, 1.54) is 56.9 Å². The third-order valence-corrected chi connectivity index (χ3v) is 15.5. The predicted octanol–water partition coefficient (Wildman–Crippen LogP) is 8.35. The molecule has 3 saturated carbocycles. The zero-order valence-corrected chi connectivity index (χ0v) is 27.1. The molecule has 0 amide bonds. The van der Waals surface area contributed by atoms with Crippen LogP contribution < -0.4 is 0 Å². The molecule has 0 aromatic rings. The Morgan fingerprint density at radius 3 is 2.16 bits per heavy atom. The molecule has 0 bridgehead atoms. The maximum atomic E-state index is 12.2. The van der Waals surface area contributed by atoms with Gasteiger partial charge in [-0.1, -0.05) is 65.5 Å². The van der Waals surface area contributed by atoms with Gasteiger partial charge in [0, 0.05) is 26.2 Å². The molecule has 5 heteroatoms. The zero-order chi connectivity index (χ0) is 27.8. The van der Waals surface area contributed by atoms with Gasteiger partial charge in [-0.25, -0.2) is 0 Å². The van der Waals surface area contributed by atoms with E-state index in [2.05, 4.69) is 40.7 Å². The van der Waals surface area contributed by atoms with E-state index in [9.17, 15) is 5.11 Å². The average Bonchev–Trinajstić information content (AvgIpc) is 3.22. The Balaban J connectivity index is 1.53. The highest BCUT2D eigenvalue weighted by atomic mass is 28.4. The number of rotatable bonds is 12. The second kappa shape index (κ2) is 12.0. The first-order chi connectivity index (χ1) is 18.0.